The third-order valence-corrected chi connectivity index (χ3v) is 3.46. The second kappa shape index (κ2) is 7.58. The van der Waals surface area contributed by atoms with Gasteiger partial charge in [-0.05, 0) is 28.1 Å². The third-order valence-electron chi connectivity index (χ3n) is 2.77. The van der Waals surface area contributed by atoms with Gasteiger partial charge in [0.05, 0.1) is 12.1 Å². The summed E-state index contributed by atoms with van der Waals surface area (Å²) in [7, 11) is 0. The first-order valence-corrected chi connectivity index (χ1v) is 7.24. The number of halogens is 1. The van der Waals surface area contributed by atoms with Crippen molar-refractivity contribution in [2.45, 2.75) is 6.42 Å². The lowest BCUT2D eigenvalue weighted by atomic mass is 10.2. The van der Waals surface area contributed by atoms with Gasteiger partial charge in [0.15, 0.2) is 0 Å². The Hall–Kier alpha value is -2.15. The molecule has 0 spiro atoms. The highest BCUT2D eigenvalue weighted by atomic mass is 79.9. The summed E-state index contributed by atoms with van der Waals surface area (Å²) in [5.74, 6) is 0.290. The summed E-state index contributed by atoms with van der Waals surface area (Å²) in [6, 6.07) is 7.05. The zero-order chi connectivity index (χ0) is 15.1. The van der Waals surface area contributed by atoms with Crippen LogP contribution in [0.15, 0.2) is 41.1 Å². The van der Waals surface area contributed by atoms with Gasteiger partial charge in [-0.1, -0.05) is 12.1 Å². The maximum atomic E-state index is 11.9. The lowest BCUT2D eigenvalue weighted by molar-refractivity contribution is -0.120. The lowest BCUT2D eigenvalue weighted by Gasteiger charge is -2.07. The van der Waals surface area contributed by atoms with E-state index >= 15 is 0 Å². The molecule has 2 rings (SSSR count). The maximum absolute atomic E-state index is 11.9. The minimum Gasteiger partial charge on any atom is -0.354 e. The number of H-pyrrole nitrogens is 1. The van der Waals surface area contributed by atoms with Gasteiger partial charge in [-0.2, -0.15) is 0 Å². The van der Waals surface area contributed by atoms with Crippen LogP contribution < -0.4 is 10.6 Å². The molecule has 2 aromatic rings. The van der Waals surface area contributed by atoms with Gasteiger partial charge in [-0.15, -0.1) is 0 Å². The number of carbonyl (C=O) groups excluding carboxylic acids is 2. The summed E-state index contributed by atoms with van der Waals surface area (Å²) in [4.78, 5) is 30.5. The Kier molecular flexibility index (Phi) is 5.51. The van der Waals surface area contributed by atoms with E-state index in [1.807, 2.05) is 6.07 Å². The second-order valence-electron chi connectivity index (χ2n) is 4.30. The number of nitrogens with one attached hydrogen (secondary N) is 3. The minimum atomic E-state index is -0.288. The summed E-state index contributed by atoms with van der Waals surface area (Å²) in [5, 5.41) is 5.30. The topological polar surface area (TPSA) is 86.9 Å². The molecule has 0 fully saturated rings. The fourth-order valence-electron chi connectivity index (χ4n) is 1.72. The zero-order valence-electron chi connectivity index (χ0n) is 11.2. The first kappa shape index (κ1) is 15.2. The van der Waals surface area contributed by atoms with Crippen LogP contribution in [0.5, 0.6) is 0 Å². The largest absolute Gasteiger partial charge is 0.354 e. The predicted octanol–water partition coefficient (Wildman–Crippen LogP) is 1.26. The molecular weight excluding hydrogens is 336 g/mol. The fourth-order valence-corrected chi connectivity index (χ4v) is 2.18. The van der Waals surface area contributed by atoms with Crippen molar-refractivity contribution < 1.29 is 9.59 Å². The van der Waals surface area contributed by atoms with Crippen LogP contribution in [0.3, 0.4) is 0 Å². The number of benzene rings is 1. The fraction of sp³-hybridized carbons (Fsp3) is 0.214. The highest BCUT2D eigenvalue weighted by molar-refractivity contribution is 9.10. The summed E-state index contributed by atoms with van der Waals surface area (Å²) in [6.45, 7) is 0.412. The molecular formula is C14H15BrN4O2. The van der Waals surface area contributed by atoms with Crippen LogP contribution in [-0.4, -0.2) is 34.9 Å². The summed E-state index contributed by atoms with van der Waals surface area (Å²) < 4.78 is 0.695. The van der Waals surface area contributed by atoms with Gasteiger partial charge in [0, 0.05) is 29.8 Å². The Morgan fingerprint density at radius 1 is 1.24 bits per heavy atom. The highest BCUT2D eigenvalue weighted by Crippen LogP contribution is 2.15. The van der Waals surface area contributed by atoms with Gasteiger partial charge in [0.25, 0.3) is 5.91 Å². The summed E-state index contributed by atoms with van der Waals surface area (Å²) in [6.07, 6.45) is 4.01. The zero-order valence-corrected chi connectivity index (χ0v) is 12.8. The summed E-state index contributed by atoms with van der Waals surface area (Å²) in [5.41, 5.74) is 0.501. The molecule has 0 unspecified atom stereocenters. The first-order chi connectivity index (χ1) is 10.2. The van der Waals surface area contributed by atoms with Crippen molar-refractivity contribution in [1.29, 1.82) is 0 Å². The van der Waals surface area contributed by atoms with Crippen molar-refractivity contribution in [1.82, 2.24) is 20.6 Å². The van der Waals surface area contributed by atoms with Crippen molar-refractivity contribution in [2.24, 2.45) is 0 Å². The van der Waals surface area contributed by atoms with E-state index in [2.05, 4.69) is 36.5 Å². The van der Waals surface area contributed by atoms with E-state index in [1.165, 1.54) is 0 Å². The Morgan fingerprint density at radius 3 is 2.76 bits per heavy atom. The molecule has 1 aromatic carbocycles. The quantitative estimate of drug-likeness (QED) is 0.732. The number of aromatic amines is 1. The van der Waals surface area contributed by atoms with Crippen LogP contribution in [0.1, 0.15) is 16.2 Å². The number of amides is 2. The molecule has 3 N–H and O–H groups in total. The van der Waals surface area contributed by atoms with Crippen LogP contribution >= 0.6 is 15.9 Å². The molecule has 0 atom stereocenters. The lowest BCUT2D eigenvalue weighted by Crippen LogP contribution is -2.37. The monoisotopic (exact) mass is 350 g/mol. The van der Waals surface area contributed by atoms with E-state index in [0.29, 0.717) is 23.0 Å². The minimum absolute atomic E-state index is 0.0572. The van der Waals surface area contributed by atoms with Crippen molar-refractivity contribution in [3.63, 3.8) is 0 Å². The Morgan fingerprint density at radius 2 is 2.05 bits per heavy atom. The third kappa shape index (κ3) is 4.71. The SMILES string of the molecule is O=C(CNC(=O)c1ccccc1Br)NCCc1ncc[nH]1. The van der Waals surface area contributed by atoms with Crippen molar-refractivity contribution in [3.05, 3.63) is 52.5 Å². The van der Waals surface area contributed by atoms with Gasteiger partial charge in [0.1, 0.15) is 5.82 Å². The molecule has 0 saturated heterocycles. The van der Waals surface area contributed by atoms with E-state index < -0.39 is 0 Å². The van der Waals surface area contributed by atoms with Crippen LogP contribution in [0.2, 0.25) is 0 Å². The van der Waals surface area contributed by atoms with E-state index in [9.17, 15) is 9.59 Å². The molecule has 0 saturated carbocycles. The predicted molar refractivity (Wildman–Crippen MR) is 81.8 cm³/mol. The van der Waals surface area contributed by atoms with Gasteiger partial charge >= 0.3 is 0 Å². The van der Waals surface area contributed by atoms with E-state index in [0.717, 1.165) is 5.82 Å². The smallest absolute Gasteiger partial charge is 0.252 e. The molecule has 0 aliphatic heterocycles. The average Bonchev–Trinajstić information content (AvgIpc) is 2.98. The second-order valence-corrected chi connectivity index (χ2v) is 5.15. The van der Waals surface area contributed by atoms with Gasteiger partial charge in [-0.25, -0.2) is 4.98 Å². The molecule has 1 aromatic heterocycles. The van der Waals surface area contributed by atoms with Crippen LogP contribution in [-0.2, 0) is 11.2 Å². The van der Waals surface area contributed by atoms with E-state index in [4.69, 9.17) is 0 Å². The molecule has 110 valence electrons. The molecule has 2 amide bonds. The molecule has 1 heterocycles. The highest BCUT2D eigenvalue weighted by Gasteiger charge is 2.10. The number of aromatic nitrogens is 2. The molecule has 0 aliphatic rings. The van der Waals surface area contributed by atoms with E-state index in [-0.39, 0.29) is 18.4 Å². The van der Waals surface area contributed by atoms with Crippen LogP contribution in [0, 0.1) is 0 Å². The first-order valence-electron chi connectivity index (χ1n) is 6.44. The molecule has 0 aliphatic carbocycles. The Labute approximate surface area is 130 Å². The average molecular weight is 351 g/mol. The molecule has 7 heteroatoms. The molecule has 0 bridgehead atoms. The van der Waals surface area contributed by atoms with Gasteiger partial charge in [0.2, 0.25) is 5.91 Å². The standard InChI is InChI=1S/C14H15BrN4O2/c15-11-4-2-1-3-10(11)14(21)19-9-13(20)18-6-5-12-16-7-8-17-12/h1-4,7-8H,5-6,9H2,(H,16,17)(H,18,20)(H,19,21). The van der Waals surface area contributed by atoms with Crippen molar-refractivity contribution in [3.8, 4) is 0 Å². The van der Waals surface area contributed by atoms with Crippen LogP contribution in [0.25, 0.3) is 0 Å². The normalized spacial score (nSPS) is 10.1. The Balaban J connectivity index is 1.71. The summed E-state index contributed by atoms with van der Waals surface area (Å²) >= 11 is 3.30. The number of imidazole rings is 1. The number of carbonyl (C=O) groups is 2. The van der Waals surface area contributed by atoms with Crippen LogP contribution in [0.4, 0.5) is 0 Å². The number of nitrogens with zero attached hydrogens (tertiary/aromatic N) is 1. The van der Waals surface area contributed by atoms with E-state index in [1.54, 1.807) is 30.6 Å². The number of hydrogen-bond donors (Lipinski definition) is 3. The molecule has 6 nitrogen and oxygen atoms in total. The van der Waals surface area contributed by atoms with Gasteiger partial charge in [-0.3, -0.25) is 9.59 Å². The number of hydrogen-bond acceptors (Lipinski definition) is 3. The molecule has 21 heavy (non-hydrogen) atoms. The van der Waals surface area contributed by atoms with Crippen molar-refractivity contribution in [2.75, 3.05) is 13.1 Å². The maximum Gasteiger partial charge on any atom is 0.252 e. The van der Waals surface area contributed by atoms with Gasteiger partial charge < -0.3 is 15.6 Å². The van der Waals surface area contributed by atoms with Crippen molar-refractivity contribution >= 4 is 27.7 Å². The number of rotatable bonds is 6. The Bertz CT molecular complexity index is 613. The molecule has 0 radical (unpaired) electrons.